The first-order chi connectivity index (χ1) is 16.3. The first kappa shape index (κ1) is 24.4. The number of halogens is 1. The molecule has 0 saturated carbocycles. The molecule has 1 aromatic heterocycles. The molecule has 0 bridgehead atoms. The van der Waals surface area contributed by atoms with Gasteiger partial charge in [0.15, 0.2) is 0 Å². The number of nitrogens with one attached hydrogen (secondary N) is 1. The molecule has 2 heterocycles. The van der Waals surface area contributed by atoms with Crippen molar-refractivity contribution in [3.8, 4) is 11.1 Å². The van der Waals surface area contributed by atoms with E-state index in [1.165, 1.54) is 39.9 Å². The fourth-order valence-corrected chi connectivity index (χ4v) is 6.66. The van der Waals surface area contributed by atoms with Gasteiger partial charge in [0.2, 0.25) is 15.9 Å². The van der Waals surface area contributed by atoms with Crippen LogP contribution in [0.25, 0.3) is 11.1 Å². The number of hydrogen-bond donors (Lipinski definition) is 1. The summed E-state index contributed by atoms with van der Waals surface area (Å²) in [5, 5.41) is 5.34. The summed E-state index contributed by atoms with van der Waals surface area (Å²) >= 11 is 7.09. The van der Waals surface area contributed by atoms with Crippen LogP contribution in [0.15, 0.2) is 64.9 Å². The smallest absolute Gasteiger partial charge is 0.341 e. The molecule has 4 rings (SSSR count). The Morgan fingerprint density at radius 3 is 2.53 bits per heavy atom. The Morgan fingerprint density at radius 2 is 1.85 bits per heavy atom. The fourth-order valence-electron chi connectivity index (χ4n) is 3.91. The Hall–Kier alpha value is -2.72. The maximum absolute atomic E-state index is 13.3. The maximum atomic E-state index is 13.3. The molecule has 3 aromatic rings. The highest BCUT2D eigenvalue weighted by Crippen LogP contribution is 2.37. The Balaban J connectivity index is 1.62. The highest BCUT2D eigenvalue weighted by molar-refractivity contribution is 7.89. The molecule has 0 unspecified atom stereocenters. The van der Waals surface area contributed by atoms with E-state index in [1.807, 2.05) is 30.3 Å². The largest absolute Gasteiger partial charge is 0.462 e. The number of carbonyl (C=O) groups excluding carboxylic acids is 2. The quantitative estimate of drug-likeness (QED) is 0.442. The minimum atomic E-state index is -3.89. The van der Waals surface area contributed by atoms with E-state index in [0.717, 1.165) is 5.56 Å². The van der Waals surface area contributed by atoms with E-state index in [0.29, 0.717) is 28.4 Å². The van der Waals surface area contributed by atoms with E-state index >= 15 is 0 Å². The first-order valence-corrected chi connectivity index (χ1v) is 13.4. The lowest BCUT2D eigenvalue weighted by molar-refractivity contribution is -0.119. The molecule has 0 radical (unpaired) electrons. The van der Waals surface area contributed by atoms with Gasteiger partial charge >= 0.3 is 5.97 Å². The topological polar surface area (TPSA) is 92.8 Å². The van der Waals surface area contributed by atoms with E-state index < -0.39 is 27.9 Å². The van der Waals surface area contributed by atoms with Gasteiger partial charge in [-0.25, -0.2) is 13.2 Å². The molecule has 0 aliphatic carbocycles. The van der Waals surface area contributed by atoms with Crippen LogP contribution in [-0.2, 0) is 19.6 Å². The molecule has 1 atom stereocenters. The van der Waals surface area contributed by atoms with Gasteiger partial charge in [0.25, 0.3) is 0 Å². The van der Waals surface area contributed by atoms with Crippen LogP contribution in [0.2, 0.25) is 5.02 Å². The van der Waals surface area contributed by atoms with Crippen LogP contribution in [0.4, 0.5) is 5.00 Å². The van der Waals surface area contributed by atoms with Crippen LogP contribution in [-0.4, -0.2) is 43.8 Å². The number of nitrogens with zero attached hydrogens (tertiary/aromatic N) is 1. The van der Waals surface area contributed by atoms with Crippen molar-refractivity contribution in [2.45, 2.75) is 30.7 Å². The Morgan fingerprint density at radius 1 is 1.15 bits per heavy atom. The summed E-state index contributed by atoms with van der Waals surface area (Å²) < 4.78 is 32.8. The zero-order valence-electron chi connectivity index (χ0n) is 18.4. The third kappa shape index (κ3) is 4.88. The van der Waals surface area contributed by atoms with Crippen LogP contribution >= 0.6 is 22.9 Å². The number of sulfonamides is 1. The lowest BCUT2D eigenvalue weighted by Gasteiger charge is -2.23. The molecule has 1 amide bonds. The van der Waals surface area contributed by atoms with E-state index in [2.05, 4.69) is 5.32 Å². The van der Waals surface area contributed by atoms with Crippen LogP contribution in [0, 0.1) is 0 Å². The van der Waals surface area contributed by atoms with Crippen molar-refractivity contribution in [2.75, 3.05) is 18.5 Å². The highest BCUT2D eigenvalue weighted by Gasteiger charge is 2.40. The summed E-state index contributed by atoms with van der Waals surface area (Å²) in [4.78, 5) is 26.1. The molecule has 1 N–H and O–H groups in total. The van der Waals surface area contributed by atoms with Crippen LogP contribution < -0.4 is 5.32 Å². The number of carbonyl (C=O) groups is 2. The van der Waals surface area contributed by atoms with Crippen molar-refractivity contribution in [1.29, 1.82) is 0 Å². The normalized spacial score (nSPS) is 16.4. The van der Waals surface area contributed by atoms with Gasteiger partial charge in [0.05, 0.1) is 11.5 Å². The number of amides is 1. The number of ether oxygens (including phenoxy) is 1. The lowest BCUT2D eigenvalue weighted by atomic mass is 10.0. The van der Waals surface area contributed by atoms with Crippen molar-refractivity contribution >= 4 is 49.8 Å². The number of hydrogen-bond acceptors (Lipinski definition) is 6. The molecular formula is C24H23ClN2O5S2. The molecule has 1 aliphatic rings. The van der Waals surface area contributed by atoms with Crippen molar-refractivity contribution in [3.05, 3.63) is 70.6 Å². The summed E-state index contributed by atoms with van der Waals surface area (Å²) in [6.45, 7) is 2.13. The summed E-state index contributed by atoms with van der Waals surface area (Å²) in [6, 6.07) is 14.3. The molecule has 10 heteroatoms. The van der Waals surface area contributed by atoms with Gasteiger partial charge in [-0.05, 0) is 49.6 Å². The Labute approximate surface area is 207 Å². The lowest BCUT2D eigenvalue weighted by Crippen LogP contribution is -2.43. The van der Waals surface area contributed by atoms with Crippen molar-refractivity contribution < 1.29 is 22.7 Å². The molecule has 34 heavy (non-hydrogen) atoms. The first-order valence-electron chi connectivity index (χ1n) is 10.7. The number of benzene rings is 2. The third-order valence-corrected chi connectivity index (χ3v) is 8.59. The second kappa shape index (κ2) is 10.3. The zero-order chi connectivity index (χ0) is 24.3. The van der Waals surface area contributed by atoms with E-state index in [-0.39, 0.29) is 23.6 Å². The van der Waals surface area contributed by atoms with E-state index in [1.54, 1.807) is 12.3 Å². The van der Waals surface area contributed by atoms with Crippen molar-refractivity contribution in [1.82, 2.24) is 4.31 Å². The van der Waals surface area contributed by atoms with Crippen molar-refractivity contribution in [3.63, 3.8) is 0 Å². The molecule has 1 saturated heterocycles. The zero-order valence-corrected chi connectivity index (χ0v) is 20.8. The summed E-state index contributed by atoms with van der Waals surface area (Å²) in [6.07, 6.45) is 0.930. The molecule has 7 nitrogen and oxygen atoms in total. The molecule has 178 valence electrons. The predicted molar refractivity (Wildman–Crippen MR) is 133 cm³/mol. The Kier molecular flexibility index (Phi) is 7.37. The van der Waals surface area contributed by atoms with Gasteiger partial charge in [-0.3, -0.25) is 4.79 Å². The number of thiophene rings is 1. The second-order valence-electron chi connectivity index (χ2n) is 7.66. The van der Waals surface area contributed by atoms with Crippen LogP contribution in [0.5, 0.6) is 0 Å². The third-order valence-electron chi connectivity index (χ3n) is 5.52. The van der Waals surface area contributed by atoms with Gasteiger partial charge < -0.3 is 10.1 Å². The maximum Gasteiger partial charge on any atom is 0.341 e. The van der Waals surface area contributed by atoms with Crippen molar-refractivity contribution in [2.24, 2.45) is 0 Å². The van der Waals surface area contributed by atoms with Gasteiger partial charge in [0, 0.05) is 22.5 Å². The summed E-state index contributed by atoms with van der Waals surface area (Å²) in [7, 11) is -3.89. The molecule has 2 aromatic carbocycles. The predicted octanol–water partition coefficient (Wildman–Crippen LogP) is 5.04. The summed E-state index contributed by atoms with van der Waals surface area (Å²) in [5.74, 6) is -1.03. The van der Waals surface area contributed by atoms with E-state index in [4.69, 9.17) is 16.3 Å². The molecule has 0 spiro atoms. The number of esters is 1. The SMILES string of the molecule is CCOC(=O)c1c(-c2ccccc2)csc1NC(=O)[C@H]1CCCN1S(=O)(=O)c1ccc(Cl)cc1. The van der Waals surface area contributed by atoms with Crippen LogP contribution in [0.1, 0.15) is 30.1 Å². The van der Waals surface area contributed by atoms with Gasteiger partial charge in [-0.1, -0.05) is 41.9 Å². The second-order valence-corrected chi connectivity index (χ2v) is 10.9. The molecule has 1 fully saturated rings. The monoisotopic (exact) mass is 518 g/mol. The van der Waals surface area contributed by atoms with Gasteiger partial charge in [-0.2, -0.15) is 4.31 Å². The molecular weight excluding hydrogens is 496 g/mol. The van der Waals surface area contributed by atoms with Gasteiger partial charge in [-0.15, -0.1) is 11.3 Å². The van der Waals surface area contributed by atoms with Gasteiger partial charge in [0.1, 0.15) is 16.6 Å². The minimum Gasteiger partial charge on any atom is -0.462 e. The Bertz CT molecular complexity index is 1290. The van der Waals surface area contributed by atoms with E-state index in [9.17, 15) is 18.0 Å². The minimum absolute atomic E-state index is 0.0753. The fraction of sp³-hybridized carbons (Fsp3) is 0.250. The number of rotatable bonds is 7. The molecule has 1 aliphatic heterocycles. The standard InChI is InChI=1S/C24H23ClN2O5S2/c1-2-32-24(29)21-19(16-7-4-3-5-8-16)15-33-23(21)26-22(28)20-9-6-14-27(20)34(30,31)18-12-10-17(25)11-13-18/h3-5,7-8,10-13,15,20H,2,6,9,14H2,1H3,(H,26,28)/t20-/m1/s1. The summed E-state index contributed by atoms with van der Waals surface area (Å²) in [5.41, 5.74) is 1.73. The highest BCUT2D eigenvalue weighted by atomic mass is 35.5. The van der Waals surface area contributed by atoms with Crippen LogP contribution in [0.3, 0.4) is 0 Å². The average molecular weight is 519 g/mol. The number of anilines is 1. The average Bonchev–Trinajstić information content (AvgIpc) is 3.48.